The fraction of sp³-hybridized carbons (Fsp3) is 0. The van der Waals surface area contributed by atoms with E-state index in [9.17, 15) is 0 Å². The smallest absolute Gasteiger partial charge is 0.0243 e. The summed E-state index contributed by atoms with van der Waals surface area (Å²) in [5, 5.41) is 0. The SMILES string of the molecule is C#Cc1ccc(C=C)cc1. The maximum Gasteiger partial charge on any atom is 0.0243 e. The average molecular weight is 128 g/mol. The maximum absolute atomic E-state index is 5.17. The second kappa shape index (κ2) is 2.89. The van der Waals surface area contributed by atoms with Crippen LogP contribution in [0.3, 0.4) is 0 Å². The number of hydrogen-bond acceptors (Lipinski definition) is 0. The normalized spacial score (nSPS) is 8.30. The molecule has 0 heteroatoms. The van der Waals surface area contributed by atoms with Crippen molar-refractivity contribution in [3.63, 3.8) is 0 Å². The molecule has 1 aromatic rings. The largest absolute Gasteiger partial charge is 0.115 e. The molecule has 0 aliphatic carbocycles. The van der Waals surface area contributed by atoms with Gasteiger partial charge in [0.15, 0.2) is 0 Å². The molecule has 0 radical (unpaired) electrons. The van der Waals surface area contributed by atoms with Crippen molar-refractivity contribution < 1.29 is 0 Å². The van der Waals surface area contributed by atoms with Gasteiger partial charge in [0, 0.05) is 5.56 Å². The Morgan fingerprint density at radius 3 is 2.30 bits per heavy atom. The quantitative estimate of drug-likeness (QED) is 0.509. The first-order valence-electron chi connectivity index (χ1n) is 3.06. The van der Waals surface area contributed by atoms with E-state index in [0.29, 0.717) is 0 Å². The van der Waals surface area contributed by atoms with Crippen LogP contribution in [0.15, 0.2) is 30.8 Å². The third-order valence-electron chi connectivity index (χ3n) is 1.31. The van der Waals surface area contributed by atoms with Gasteiger partial charge in [-0.15, -0.1) is 6.42 Å². The van der Waals surface area contributed by atoms with Crippen LogP contribution in [0.25, 0.3) is 6.08 Å². The predicted molar refractivity (Wildman–Crippen MR) is 44.5 cm³/mol. The predicted octanol–water partition coefficient (Wildman–Crippen LogP) is 2.31. The molecule has 0 fully saturated rings. The summed E-state index contributed by atoms with van der Waals surface area (Å²) in [6.07, 6.45) is 6.96. The van der Waals surface area contributed by atoms with Crippen molar-refractivity contribution in [2.24, 2.45) is 0 Å². The molecular formula is C10H8. The van der Waals surface area contributed by atoms with Crippen LogP contribution in [0, 0.1) is 12.3 Å². The molecule has 0 aliphatic heterocycles. The second-order valence-electron chi connectivity index (χ2n) is 1.97. The summed E-state index contributed by atoms with van der Waals surface area (Å²) < 4.78 is 0. The fourth-order valence-corrected chi connectivity index (χ4v) is 0.715. The minimum absolute atomic E-state index is 0.908. The number of terminal acetylenes is 1. The molecule has 0 spiro atoms. The van der Waals surface area contributed by atoms with Crippen LogP contribution in [0.2, 0.25) is 0 Å². The molecule has 0 saturated carbocycles. The summed E-state index contributed by atoms with van der Waals surface area (Å²) in [5.41, 5.74) is 2.00. The molecule has 0 aromatic heterocycles. The van der Waals surface area contributed by atoms with Gasteiger partial charge in [-0.2, -0.15) is 0 Å². The fourth-order valence-electron chi connectivity index (χ4n) is 0.715. The Labute approximate surface area is 61.2 Å². The van der Waals surface area contributed by atoms with Crippen molar-refractivity contribution in [3.05, 3.63) is 42.0 Å². The van der Waals surface area contributed by atoms with E-state index in [0.717, 1.165) is 11.1 Å². The van der Waals surface area contributed by atoms with Crippen LogP contribution < -0.4 is 0 Å². The molecule has 0 atom stereocenters. The zero-order valence-electron chi connectivity index (χ0n) is 5.67. The molecular weight excluding hydrogens is 120 g/mol. The van der Waals surface area contributed by atoms with Crippen LogP contribution in [-0.2, 0) is 0 Å². The lowest BCUT2D eigenvalue weighted by Gasteiger charge is -1.91. The van der Waals surface area contributed by atoms with E-state index < -0.39 is 0 Å². The van der Waals surface area contributed by atoms with Crippen LogP contribution >= 0.6 is 0 Å². The van der Waals surface area contributed by atoms with Gasteiger partial charge in [-0.1, -0.05) is 30.7 Å². The Morgan fingerprint density at radius 1 is 1.30 bits per heavy atom. The third kappa shape index (κ3) is 1.27. The Balaban J connectivity index is 3.04. The van der Waals surface area contributed by atoms with Crippen molar-refractivity contribution in [1.29, 1.82) is 0 Å². The van der Waals surface area contributed by atoms with Gasteiger partial charge in [-0.25, -0.2) is 0 Å². The highest BCUT2D eigenvalue weighted by atomic mass is 13.9. The minimum atomic E-state index is 0.908. The molecule has 0 amide bonds. The molecule has 0 unspecified atom stereocenters. The number of benzene rings is 1. The molecule has 0 N–H and O–H groups in total. The first kappa shape index (κ1) is 6.64. The first-order chi connectivity index (χ1) is 4.86. The topological polar surface area (TPSA) is 0 Å². The number of hydrogen-bond donors (Lipinski definition) is 0. The van der Waals surface area contributed by atoms with E-state index >= 15 is 0 Å². The van der Waals surface area contributed by atoms with Crippen LogP contribution in [-0.4, -0.2) is 0 Å². The summed E-state index contributed by atoms with van der Waals surface area (Å²) >= 11 is 0. The molecule has 0 nitrogen and oxygen atoms in total. The first-order valence-corrected chi connectivity index (χ1v) is 3.06. The lowest BCUT2D eigenvalue weighted by atomic mass is 10.1. The zero-order chi connectivity index (χ0) is 7.40. The van der Waals surface area contributed by atoms with Gasteiger partial charge < -0.3 is 0 Å². The Morgan fingerprint density at radius 2 is 1.90 bits per heavy atom. The molecule has 0 aliphatic rings. The maximum atomic E-state index is 5.17. The van der Waals surface area contributed by atoms with E-state index in [1.54, 1.807) is 6.08 Å². The van der Waals surface area contributed by atoms with Gasteiger partial charge in [-0.05, 0) is 17.7 Å². The standard InChI is InChI=1S/C10H8/c1-3-9-5-7-10(4-2)8-6-9/h1,4-8H,2H2. The molecule has 48 valence electrons. The summed E-state index contributed by atoms with van der Waals surface area (Å²) in [6.45, 7) is 3.63. The van der Waals surface area contributed by atoms with Crippen molar-refractivity contribution in [2.45, 2.75) is 0 Å². The van der Waals surface area contributed by atoms with E-state index in [-0.39, 0.29) is 0 Å². The van der Waals surface area contributed by atoms with Gasteiger partial charge >= 0.3 is 0 Å². The Bertz CT molecular complexity index is 259. The summed E-state index contributed by atoms with van der Waals surface area (Å²) in [7, 11) is 0. The molecule has 10 heavy (non-hydrogen) atoms. The Hall–Kier alpha value is -1.48. The van der Waals surface area contributed by atoms with Gasteiger partial charge in [0.2, 0.25) is 0 Å². The molecule has 0 saturated heterocycles. The molecule has 1 aromatic carbocycles. The molecule has 1 rings (SSSR count). The van der Waals surface area contributed by atoms with Crippen molar-refractivity contribution in [2.75, 3.05) is 0 Å². The van der Waals surface area contributed by atoms with Crippen molar-refractivity contribution >= 4 is 6.08 Å². The molecule has 0 bridgehead atoms. The highest BCUT2D eigenvalue weighted by molar-refractivity contribution is 5.49. The third-order valence-corrected chi connectivity index (χ3v) is 1.31. The van der Waals surface area contributed by atoms with Gasteiger partial charge in [-0.3, -0.25) is 0 Å². The van der Waals surface area contributed by atoms with Gasteiger partial charge in [0.1, 0.15) is 0 Å². The summed E-state index contributed by atoms with van der Waals surface area (Å²) in [6, 6.07) is 7.69. The lowest BCUT2D eigenvalue weighted by Crippen LogP contribution is -1.73. The Kier molecular flexibility index (Phi) is 1.92. The van der Waals surface area contributed by atoms with Crippen LogP contribution in [0.1, 0.15) is 11.1 Å². The van der Waals surface area contributed by atoms with E-state index in [1.165, 1.54) is 0 Å². The summed E-state index contributed by atoms with van der Waals surface area (Å²) in [4.78, 5) is 0. The monoisotopic (exact) mass is 128 g/mol. The average Bonchev–Trinajstić information content (AvgIpc) is 2.05. The molecule has 0 heterocycles. The minimum Gasteiger partial charge on any atom is -0.115 e. The van der Waals surface area contributed by atoms with Gasteiger partial charge in [0.05, 0.1) is 0 Å². The van der Waals surface area contributed by atoms with E-state index in [4.69, 9.17) is 6.42 Å². The second-order valence-corrected chi connectivity index (χ2v) is 1.97. The van der Waals surface area contributed by atoms with E-state index in [2.05, 4.69) is 12.5 Å². The van der Waals surface area contributed by atoms with E-state index in [1.807, 2.05) is 24.3 Å². The van der Waals surface area contributed by atoms with Gasteiger partial charge in [0.25, 0.3) is 0 Å². The van der Waals surface area contributed by atoms with Crippen LogP contribution in [0.4, 0.5) is 0 Å². The van der Waals surface area contributed by atoms with Crippen molar-refractivity contribution in [3.8, 4) is 12.3 Å². The number of rotatable bonds is 1. The summed E-state index contributed by atoms with van der Waals surface area (Å²) in [5.74, 6) is 2.54. The zero-order valence-corrected chi connectivity index (χ0v) is 5.67. The van der Waals surface area contributed by atoms with Crippen molar-refractivity contribution in [1.82, 2.24) is 0 Å². The highest BCUT2D eigenvalue weighted by Gasteiger charge is 1.84. The lowest BCUT2D eigenvalue weighted by molar-refractivity contribution is 1.62. The van der Waals surface area contributed by atoms with Crippen LogP contribution in [0.5, 0.6) is 0 Å². The highest BCUT2D eigenvalue weighted by Crippen LogP contribution is 2.03.